The molecule has 0 aliphatic rings. The van der Waals surface area contributed by atoms with Gasteiger partial charge in [0.2, 0.25) is 5.91 Å². The molecule has 0 fully saturated rings. The number of rotatable bonds is 4. The molecule has 2 aromatic rings. The van der Waals surface area contributed by atoms with Gasteiger partial charge < -0.3 is 11.1 Å². The molecule has 0 atom stereocenters. The van der Waals surface area contributed by atoms with Gasteiger partial charge in [0.15, 0.2) is 0 Å². The second-order valence-corrected chi connectivity index (χ2v) is 5.00. The van der Waals surface area contributed by atoms with Gasteiger partial charge in [0.05, 0.1) is 6.42 Å². The number of nitrogens with one attached hydrogen (secondary N) is 1. The molecule has 2 rings (SSSR count). The van der Waals surface area contributed by atoms with E-state index >= 15 is 0 Å². The molecule has 0 unspecified atom stereocenters. The lowest BCUT2D eigenvalue weighted by Gasteiger charge is -2.10. The summed E-state index contributed by atoms with van der Waals surface area (Å²) in [7, 11) is 0. The van der Waals surface area contributed by atoms with Crippen LogP contribution in [0.4, 0.5) is 5.69 Å². The Morgan fingerprint density at radius 2 is 1.75 bits per heavy atom. The normalized spacial score (nSPS) is 10.3. The van der Waals surface area contributed by atoms with E-state index in [4.69, 9.17) is 5.73 Å². The van der Waals surface area contributed by atoms with Gasteiger partial charge in [-0.25, -0.2) is 0 Å². The van der Waals surface area contributed by atoms with Gasteiger partial charge in [0, 0.05) is 12.2 Å². The summed E-state index contributed by atoms with van der Waals surface area (Å²) in [5.74, 6) is -0.0193. The van der Waals surface area contributed by atoms with Crippen LogP contribution in [0.2, 0.25) is 0 Å². The van der Waals surface area contributed by atoms with Crippen molar-refractivity contribution in [3.05, 3.63) is 64.7 Å². The SMILES string of the molecule is Cc1ccc(NC(=O)Cc2ccccc2CN)cc1C. The molecular weight excluding hydrogens is 248 g/mol. The summed E-state index contributed by atoms with van der Waals surface area (Å²) < 4.78 is 0. The van der Waals surface area contributed by atoms with Crippen LogP contribution in [0.15, 0.2) is 42.5 Å². The molecule has 2 aromatic carbocycles. The summed E-state index contributed by atoms with van der Waals surface area (Å²) in [6, 6.07) is 13.7. The minimum absolute atomic E-state index is 0.0193. The van der Waals surface area contributed by atoms with E-state index in [0.29, 0.717) is 13.0 Å². The summed E-state index contributed by atoms with van der Waals surface area (Å²) in [6.45, 7) is 4.54. The number of hydrogen-bond acceptors (Lipinski definition) is 2. The van der Waals surface area contributed by atoms with E-state index in [1.54, 1.807) is 0 Å². The number of carbonyl (C=O) groups excluding carboxylic acids is 1. The van der Waals surface area contributed by atoms with E-state index < -0.39 is 0 Å². The highest BCUT2D eigenvalue weighted by atomic mass is 16.1. The minimum Gasteiger partial charge on any atom is -0.326 e. The van der Waals surface area contributed by atoms with Crippen LogP contribution < -0.4 is 11.1 Å². The standard InChI is InChI=1S/C17H20N2O/c1-12-7-8-16(9-13(12)2)19-17(20)10-14-5-3-4-6-15(14)11-18/h3-9H,10-11,18H2,1-2H3,(H,19,20). The van der Waals surface area contributed by atoms with Gasteiger partial charge in [-0.3, -0.25) is 4.79 Å². The van der Waals surface area contributed by atoms with Crippen LogP contribution >= 0.6 is 0 Å². The molecule has 0 aromatic heterocycles. The largest absolute Gasteiger partial charge is 0.326 e. The van der Waals surface area contributed by atoms with Gasteiger partial charge in [-0.05, 0) is 48.2 Å². The first-order valence-corrected chi connectivity index (χ1v) is 6.74. The van der Waals surface area contributed by atoms with Crippen molar-refractivity contribution in [2.24, 2.45) is 5.73 Å². The number of hydrogen-bond donors (Lipinski definition) is 2. The number of benzene rings is 2. The van der Waals surface area contributed by atoms with Gasteiger partial charge >= 0.3 is 0 Å². The van der Waals surface area contributed by atoms with E-state index in [9.17, 15) is 4.79 Å². The van der Waals surface area contributed by atoms with Crippen molar-refractivity contribution in [3.8, 4) is 0 Å². The highest BCUT2D eigenvalue weighted by Crippen LogP contribution is 2.15. The monoisotopic (exact) mass is 268 g/mol. The maximum absolute atomic E-state index is 12.1. The van der Waals surface area contributed by atoms with E-state index in [1.165, 1.54) is 11.1 Å². The summed E-state index contributed by atoms with van der Waals surface area (Å²) >= 11 is 0. The lowest BCUT2D eigenvalue weighted by molar-refractivity contribution is -0.115. The van der Waals surface area contributed by atoms with Crippen LogP contribution in [0.1, 0.15) is 22.3 Å². The third-order valence-corrected chi connectivity index (χ3v) is 3.48. The zero-order chi connectivity index (χ0) is 14.5. The molecule has 104 valence electrons. The van der Waals surface area contributed by atoms with Crippen LogP contribution in [0.5, 0.6) is 0 Å². The van der Waals surface area contributed by atoms with E-state index in [-0.39, 0.29) is 5.91 Å². The number of carbonyl (C=O) groups is 1. The summed E-state index contributed by atoms with van der Waals surface area (Å²) in [5, 5.41) is 2.93. The summed E-state index contributed by atoms with van der Waals surface area (Å²) in [6.07, 6.45) is 0.348. The molecule has 0 bridgehead atoms. The van der Waals surface area contributed by atoms with Crippen molar-refractivity contribution in [3.63, 3.8) is 0 Å². The second kappa shape index (κ2) is 6.35. The highest BCUT2D eigenvalue weighted by molar-refractivity contribution is 5.92. The summed E-state index contributed by atoms with van der Waals surface area (Å²) in [4.78, 5) is 12.1. The Labute approximate surface area is 119 Å². The Balaban J connectivity index is 2.07. The molecule has 3 heteroatoms. The van der Waals surface area contributed by atoms with Crippen molar-refractivity contribution in [2.45, 2.75) is 26.8 Å². The number of aryl methyl sites for hydroxylation is 2. The third kappa shape index (κ3) is 3.45. The van der Waals surface area contributed by atoms with Gasteiger partial charge in [0.1, 0.15) is 0 Å². The van der Waals surface area contributed by atoms with Gasteiger partial charge in [-0.1, -0.05) is 30.3 Å². The molecular formula is C17H20N2O. The zero-order valence-corrected chi connectivity index (χ0v) is 11.9. The molecule has 3 N–H and O–H groups in total. The Morgan fingerprint density at radius 3 is 2.40 bits per heavy atom. The van der Waals surface area contributed by atoms with Crippen molar-refractivity contribution in [1.29, 1.82) is 0 Å². The average molecular weight is 268 g/mol. The van der Waals surface area contributed by atoms with Crippen molar-refractivity contribution < 1.29 is 4.79 Å². The first-order chi connectivity index (χ1) is 9.60. The number of amides is 1. The Hall–Kier alpha value is -2.13. The van der Waals surface area contributed by atoms with Crippen LogP contribution in [-0.4, -0.2) is 5.91 Å². The van der Waals surface area contributed by atoms with Crippen molar-refractivity contribution in [2.75, 3.05) is 5.32 Å². The molecule has 0 aliphatic carbocycles. The van der Waals surface area contributed by atoms with Crippen LogP contribution in [0.25, 0.3) is 0 Å². The Bertz CT molecular complexity index is 620. The molecule has 0 aliphatic heterocycles. The lowest BCUT2D eigenvalue weighted by Crippen LogP contribution is -2.16. The third-order valence-electron chi connectivity index (χ3n) is 3.48. The maximum atomic E-state index is 12.1. The molecule has 0 saturated heterocycles. The average Bonchev–Trinajstić information content (AvgIpc) is 2.43. The van der Waals surface area contributed by atoms with Crippen molar-refractivity contribution in [1.82, 2.24) is 0 Å². The molecule has 20 heavy (non-hydrogen) atoms. The zero-order valence-electron chi connectivity index (χ0n) is 11.9. The highest BCUT2D eigenvalue weighted by Gasteiger charge is 2.07. The molecule has 0 spiro atoms. The Kier molecular flexibility index (Phi) is 4.53. The maximum Gasteiger partial charge on any atom is 0.228 e. The smallest absolute Gasteiger partial charge is 0.228 e. The van der Waals surface area contributed by atoms with Crippen molar-refractivity contribution >= 4 is 11.6 Å². The van der Waals surface area contributed by atoms with Crippen LogP contribution in [-0.2, 0) is 17.8 Å². The number of nitrogens with two attached hydrogens (primary N) is 1. The fraction of sp³-hybridized carbons (Fsp3) is 0.235. The summed E-state index contributed by atoms with van der Waals surface area (Å²) in [5.41, 5.74) is 10.9. The van der Waals surface area contributed by atoms with E-state index in [0.717, 1.165) is 16.8 Å². The molecule has 3 nitrogen and oxygen atoms in total. The topological polar surface area (TPSA) is 55.1 Å². The van der Waals surface area contributed by atoms with Gasteiger partial charge in [0.25, 0.3) is 0 Å². The molecule has 1 amide bonds. The quantitative estimate of drug-likeness (QED) is 0.895. The van der Waals surface area contributed by atoms with Gasteiger partial charge in [-0.15, -0.1) is 0 Å². The predicted octanol–water partition coefficient (Wildman–Crippen LogP) is 2.94. The molecule has 0 heterocycles. The minimum atomic E-state index is -0.0193. The first-order valence-electron chi connectivity index (χ1n) is 6.74. The Morgan fingerprint density at radius 1 is 1.05 bits per heavy atom. The second-order valence-electron chi connectivity index (χ2n) is 5.00. The van der Waals surface area contributed by atoms with Gasteiger partial charge in [-0.2, -0.15) is 0 Å². The predicted molar refractivity (Wildman–Crippen MR) is 82.6 cm³/mol. The first kappa shape index (κ1) is 14.3. The lowest BCUT2D eigenvalue weighted by atomic mass is 10.0. The van der Waals surface area contributed by atoms with Crippen LogP contribution in [0, 0.1) is 13.8 Å². The fourth-order valence-corrected chi connectivity index (χ4v) is 2.13. The van der Waals surface area contributed by atoms with E-state index in [2.05, 4.69) is 12.2 Å². The molecule has 0 radical (unpaired) electrons. The van der Waals surface area contributed by atoms with E-state index in [1.807, 2.05) is 49.4 Å². The van der Waals surface area contributed by atoms with Crippen LogP contribution in [0.3, 0.4) is 0 Å². The number of anilines is 1. The molecule has 0 saturated carbocycles. The fourth-order valence-electron chi connectivity index (χ4n) is 2.13.